The molecule has 0 unspecified atom stereocenters. The average Bonchev–Trinajstić information content (AvgIpc) is 2.73. The van der Waals surface area contributed by atoms with Crippen molar-refractivity contribution in [1.29, 1.82) is 0 Å². The Kier molecular flexibility index (Phi) is 4.78. The third-order valence-electron chi connectivity index (χ3n) is 4.17. The van der Waals surface area contributed by atoms with Gasteiger partial charge in [-0.2, -0.15) is 4.98 Å². The molecule has 0 fully saturated rings. The Balaban J connectivity index is 1.48. The number of nitrogens with zero attached hydrogens (tertiary/aromatic N) is 3. The quantitative estimate of drug-likeness (QED) is 0.533. The molecule has 0 atom stereocenters. The Labute approximate surface area is 157 Å². The van der Waals surface area contributed by atoms with E-state index in [1.165, 1.54) is 0 Å². The second-order valence-electron chi connectivity index (χ2n) is 5.97. The van der Waals surface area contributed by atoms with Crippen molar-refractivity contribution < 1.29 is 4.74 Å². The van der Waals surface area contributed by atoms with Crippen molar-refractivity contribution in [2.24, 2.45) is 0 Å². The summed E-state index contributed by atoms with van der Waals surface area (Å²) in [7, 11) is 1.66. The van der Waals surface area contributed by atoms with Crippen LogP contribution in [0.4, 0.5) is 17.5 Å². The van der Waals surface area contributed by atoms with Crippen LogP contribution in [0.1, 0.15) is 5.56 Å². The molecular weight excluding hydrogens is 338 g/mol. The molecule has 0 bridgehead atoms. The first-order valence-electron chi connectivity index (χ1n) is 8.62. The predicted octanol–water partition coefficient (Wildman–Crippen LogP) is 4.39. The number of methoxy groups -OCH3 is 1. The molecule has 0 aliphatic rings. The fourth-order valence-electron chi connectivity index (χ4n) is 2.78. The van der Waals surface area contributed by atoms with Gasteiger partial charge in [-0.15, -0.1) is 0 Å². The van der Waals surface area contributed by atoms with E-state index in [9.17, 15) is 0 Å². The van der Waals surface area contributed by atoms with E-state index in [4.69, 9.17) is 4.74 Å². The van der Waals surface area contributed by atoms with Crippen LogP contribution in [0.3, 0.4) is 0 Å². The number of anilines is 3. The SMILES string of the molecule is COc1ccc(CNc2ccnc(Nc3cccc4cccnc34)n2)cc1. The molecule has 0 spiro atoms. The number of rotatable bonds is 6. The highest BCUT2D eigenvalue weighted by molar-refractivity contribution is 5.91. The third-order valence-corrected chi connectivity index (χ3v) is 4.17. The summed E-state index contributed by atoms with van der Waals surface area (Å²) in [5.74, 6) is 2.11. The number of pyridine rings is 1. The number of nitrogens with one attached hydrogen (secondary N) is 2. The van der Waals surface area contributed by atoms with E-state index in [0.29, 0.717) is 12.5 Å². The fourth-order valence-corrected chi connectivity index (χ4v) is 2.78. The first-order chi connectivity index (χ1) is 13.3. The summed E-state index contributed by atoms with van der Waals surface area (Å²) in [5, 5.41) is 7.64. The maximum absolute atomic E-state index is 5.18. The van der Waals surface area contributed by atoms with Crippen LogP contribution in [0.15, 0.2) is 73.1 Å². The highest BCUT2D eigenvalue weighted by Crippen LogP contribution is 2.23. The zero-order valence-corrected chi connectivity index (χ0v) is 14.9. The Morgan fingerprint density at radius 1 is 0.889 bits per heavy atom. The Hall–Kier alpha value is -3.67. The number of para-hydroxylation sites is 1. The average molecular weight is 357 g/mol. The Morgan fingerprint density at radius 2 is 1.74 bits per heavy atom. The van der Waals surface area contributed by atoms with Gasteiger partial charge in [0.1, 0.15) is 11.6 Å². The summed E-state index contributed by atoms with van der Waals surface area (Å²) >= 11 is 0. The molecule has 4 rings (SSSR count). The summed E-state index contributed by atoms with van der Waals surface area (Å²) in [4.78, 5) is 13.3. The normalized spacial score (nSPS) is 10.6. The van der Waals surface area contributed by atoms with Crippen LogP contribution in [-0.4, -0.2) is 22.1 Å². The Morgan fingerprint density at radius 3 is 2.59 bits per heavy atom. The lowest BCUT2D eigenvalue weighted by atomic mass is 10.2. The molecule has 4 aromatic rings. The van der Waals surface area contributed by atoms with Gasteiger partial charge in [0.15, 0.2) is 0 Å². The van der Waals surface area contributed by atoms with E-state index in [-0.39, 0.29) is 0 Å². The third kappa shape index (κ3) is 3.95. The van der Waals surface area contributed by atoms with Crippen LogP contribution >= 0.6 is 0 Å². The van der Waals surface area contributed by atoms with Gasteiger partial charge in [-0.05, 0) is 35.9 Å². The minimum Gasteiger partial charge on any atom is -0.497 e. The maximum Gasteiger partial charge on any atom is 0.229 e. The van der Waals surface area contributed by atoms with Gasteiger partial charge < -0.3 is 15.4 Å². The van der Waals surface area contributed by atoms with Gasteiger partial charge in [0.2, 0.25) is 5.95 Å². The molecule has 2 heterocycles. The molecule has 6 nitrogen and oxygen atoms in total. The van der Waals surface area contributed by atoms with Gasteiger partial charge in [0.25, 0.3) is 0 Å². The largest absolute Gasteiger partial charge is 0.497 e. The second kappa shape index (κ2) is 7.70. The van der Waals surface area contributed by atoms with Gasteiger partial charge in [0, 0.05) is 24.3 Å². The monoisotopic (exact) mass is 357 g/mol. The van der Waals surface area contributed by atoms with E-state index in [1.807, 2.05) is 60.7 Å². The minimum atomic E-state index is 0.521. The van der Waals surface area contributed by atoms with Gasteiger partial charge in [-0.25, -0.2) is 4.98 Å². The summed E-state index contributed by atoms with van der Waals surface area (Å²) in [6.45, 7) is 0.663. The highest BCUT2D eigenvalue weighted by atomic mass is 16.5. The maximum atomic E-state index is 5.18. The number of hydrogen-bond acceptors (Lipinski definition) is 6. The molecule has 2 aromatic heterocycles. The van der Waals surface area contributed by atoms with Crippen LogP contribution in [0.2, 0.25) is 0 Å². The number of hydrogen-bond donors (Lipinski definition) is 2. The van der Waals surface area contributed by atoms with Crippen LogP contribution in [0.25, 0.3) is 10.9 Å². The number of ether oxygens (including phenoxy) is 1. The molecule has 6 heteroatoms. The lowest BCUT2D eigenvalue weighted by Crippen LogP contribution is -2.04. The molecular formula is C21H19N5O. The summed E-state index contributed by atoms with van der Waals surface area (Å²) in [6, 6.07) is 19.7. The zero-order chi connectivity index (χ0) is 18.5. The van der Waals surface area contributed by atoms with E-state index < -0.39 is 0 Å². The number of benzene rings is 2. The lowest BCUT2D eigenvalue weighted by molar-refractivity contribution is 0.414. The summed E-state index contributed by atoms with van der Waals surface area (Å²) in [6.07, 6.45) is 3.51. The van der Waals surface area contributed by atoms with Crippen LogP contribution in [-0.2, 0) is 6.54 Å². The van der Waals surface area contributed by atoms with Gasteiger partial charge in [-0.1, -0.05) is 30.3 Å². The van der Waals surface area contributed by atoms with Crippen LogP contribution in [0.5, 0.6) is 5.75 Å². The van der Waals surface area contributed by atoms with Crippen molar-refractivity contribution in [3.8, 4) is 5.75 Å². The molecule has 27 heavy (non-hydrogen) atoms. The number of aromatic nitrogens is 3. The molecule has 2 N–H and O–H groups in total. The molecule has 0 aliphatic carbocycles. The van der Waals surface area contributed by atoms with Crippen molar-refractivity contribution in [2.75, 3.05) is 17.7 Å². The predicted molar refractivity (Wildman–Crippen MR) is 107 cm³/mol. The smallest absolute Gasteiger partial charge is 0.229 e. The van der Waals surface area contributed by atoms with Gasteiger partial charge in [-0.3, -0.25) is 4.98 Å². The molecule has 0 aliphatic heterocycles. The van der Waals surface area contributed by atoms with Crippen LogP contribution in [0, 0.1) is 0 Å². The molecule has 0 saturated carbocycles. The first kappa shape index (κ1) is 16.8. The van der Waals surface area contributed by atoms with E-state index in [0.717, 1.165) is 33.7 Å². The topological polar surface area (TPSA) is 72.0 Å². The van der Waals surface area contributed by atoms with Crippen molar-refractivity contribution in [2.45, 2.75) is 6.54 Å². The van der Waals surface area contributed by atoms with E-state index >= 15 is 0 Å². The van der Waals surface area contributed by atoms with Gasteiger partial charge >= 0.3 is 0 Å². The van der Waals surface area contributed by atoms with Gasteiger partial charge in [0.05, 0.1) is 18.3 Å². The van der Waals surface area contributed by atoms with Crippen molar-refractivity contribution in [1.82, 2.24) is 15.0 Å². The standard InChI is InChI=1S/C21H19N5O/c1-27-17-9-7-15(8-10-17)14-24-19-11-13-23-21(26-19)25-18-6-2-4-16-5-3-12-22-20(16)18/h2-13H,14H2,1H3,(H2,23,24,25,26). The first-order valence-corrected chi connectivity index (χ1v) is 8.62. The van der Waals surface area contributed by atoms with Crippen molar-refractivity contribution in [3.05, 3.63) is 78.6 Å². The summed E-state index contributed by atoms with van der Waals surface area (Å²) in [5.41, 5.74) is 2.91. The number of fused-ring (bicyclic) bond motifs is 1. The Bertz CT molecular complexity index is 1040. The van der Waals surface area contributed by atoms with E-state index in [2.05, 4.69) is 25.6 Å². The minimum absolute atomic E-state index is 0.521. The second-order valence-corrected chi connectivity index (χ2v) is 5.97. The lowest BCUT2D eigenvalue weighted by Gasteiger charge is -2.10. The van der Waals surface area contributed by atoms with Crippen molar-refractivity contribution >= 4 is 28.4 Å². The molecule has 0 saturated heterocycles. The van der Waals surface area contributed by atoms with Crippen molar-refractivity contribution in [3.63, 3.8) is 0 Å². The fraction of sp³-hybridized carbons (Fsp3) is 0.0952. The molecule has 2 aromatic carbocycles. The molecule has 0 radical (unpaired) electrons. The highest BCUT2D eigenvalue weighted by Gasteiger charge is 2.05. The molecule has 0 amide bonds. The van der Waals surface area contributed by atoms with Crippen LogP contribution < -0.4 is 15.4 Å². The summed E-state index contributed by atoms with van der Waals surface area (Å²) < 4.78 is 5.18. The molecule has 134 valence electrons. The van der Waals surface area contributed by atoms with E-state index in [1.54, 1.807) is 19.5 Å². The zero-order valence-electron chi connectivity index (χ0n) is 14.9.